The molecule has 0 aliphatic carbocycles. The van der Waals surface area contributed by atoms with E-state index in [0.717, 1.165) is 60.7 Å². The highest BCUT2D eigenvalue weighted by molar-refractivity contribution is 7.26. The Hall–Kier alpha value is -9.72. The highest BCUT2D eigenvalue weighted by Gasteiger charge is 2.19. The van der Waals surface area contributed by atoms with Gasteiger partial charge >= 0.3 is 0 Å². The van der Waals surface area contributed by atoms with Crippen LogP contribution in [0.3, 0.4) is 0 Å². The molecule has 0 spiro atoms. The minimum atomic E-state index is 0.886. The third kappa shape index (κ3) is 6.15. The zero-order valence-electron chi connectivity index (χ0n) is 41.6. The maximum absolute atomic E-state index is 6.52. The molecule has 12 aromatic carbocycles. The predicted molar refractivity (Wildman–Crippen MR) is 332 cm³/mol. The summed E-state index contributed by atoms with van der Waals surface area (Å²) in [4.78, 5) is 0. The first-order valence-electron chi connectivity index (χ1n) is 26.4. The molecule has 18 aromatic rings. The van der Waals surface area contributed by atoms with Crippen LogP contribution in [0.25, 0.3) is 173 Å². The fourth-order valence-corrected chi connectivity index (χ4v) is 15.0. The van der Waals surface area contributed by atoms with E-state index in [1.165, 1.54) is 112 Å². The van der Waals surface area contributed by atoms with Crippen molar-refractivity contribution in [1.82, 2.24) is 9.13 Å². The third-order valence-corrected chi connectivity index (χ3v) is 18.8. The fraction of sp³-hybridized carbons (Fsp3) is 0. The summed E-state index contributed by atoms with van der Waals surface area (Å²) >= 11 is 3.71. The number of hydrogen-bond donors (Lipinski definition) is 0. The van der Waals surface area contributed by atoms with Crippen molar-refractivity contribution in [3.8, 4) is 44.8 Å². The first kappa shape index (κ1) is 42.5. The number of fused-ring (bicyclic) bond motifs is 18. The number of para-hydroxylation sites is 4. The lowest BCUT2D eigenvalue weighted by molar-refractivity contribution is 0.668. The van der Waals surface area contributed by atoms with Crippen molar-refractivity contribution >= 4 is 151 Å². The largest absolute Gasteiger partial charge is 0.456 e. The van der Waals surface area contributed by atoms with E-state index in [0.29, 0.717) is 0 Å². The highest BCUT2D eigenvalue weighted by atomic mass is 32.1. The number of rotatable bonds is 5. The van der Waals surface area contributed by atoms with Gasteiger partial charge in [0.05, 0.1) is 22.1 Å². The lowest BCUT2D eigenvalue weighted by Gasteiger charge is -2.08. The van der Waals surface area contributed by atoms with Crippen LogP contribution in [-0.4, -0.2) is 9.13 Å². The van der Waals surface area contributed by atoms with Crippen LogP contribution >= 0.6 is 22.7 Å². The Kier molecular flexibility index (Phi) is 8.67. The molecule has 0 N–H and O–H groups in total. The standard InChI is InChI=1S/C72H40N2O2S2/c1-5-13-61-49(9-1)50-10-2-6-14-62(50)73(61)47-23-28-68-56(39-47)55-35-43(19-27-67(55)76-68)45-21-30-70-58(37-45)57-36-44(20-29-69(57)77-70)41-17-25-65-53(33-41)54-34-42(18-26-66(54)75-65)46-22-31-71-59(38-46)60-40-48(24-32-72(60)78-71)74-63-15-7-3-11-51(63)52-12-4-8-16-64(52)74/h1-40H. The molecular formula is C72H40N2O2S2. The van der Waals surface area contributed by atoms with Crippen LogP contribution < -0.4 is 0 Å². The minimum absolute atomic E-state index is 0.886. The molecule has 0 amide bonds. The van der Waals surface area contributed by atoms with E-state index in [2.05, 4.69) is 252 Å². The van der Waals surface area contributed by atoms with Crippen molar-refractivity contribution in [3.05, 3.63) is 243 Å². The average molecular weight is 1030 g/mol. The van der Waals surface area contributed by atoms with Crippen LogP contribution in [0.15, 0.2) is 251 Å². The number of thiophene rings is 2. The summed E-state index contributed by atoms with van der Waals surface area (Å²) < 4.78 is 22.9. The molecule has 0 radical (unpaired) electrons. The van der Waals surface area contributed by atoms with Crippen molar-refractivity contribution in [3.63, 3.8) is 0 Å². The van der Waals surface area contributed by atoms with Crippen molar-refractivity contribution in [2.24, 2.45) is 0 Å². The average Bonchev–Trinajstić information content (AvgIpc) is 4.54. The number of benzene rings is 12. The van der Waals surface area contributed by atoms with Gasteiger partial charge in [-0.1, -0.05) is 109 Å². The summed E-state index contributed by atoms with van der Waals surface area (Å²) in [6, 6.07) is 89.1. The van der Waals surface area contributed by atoms with Crippen molar-refractivity contribution in [2.75, 3.05) is 0 Å². The van der Waals surface area contributed by atoms with Gasteiger partial charge in [0.1, 0.15) is 22.3 Å². The molecule has 6 heteroatoms. The van der Waals surface area contributed by atoms with Crippen LogP contribution in [0, 0.1) is 0 Å². The molecule has 0 aliphatic rings. The van der Waals surface area contributed by atoms with Crippen molar-refractivity contribution in [1.29, 1.82) is 0 Å². The van der Waals surface area contributed by atoms with Gasteiger partial charge in [0.2, 0.25) is 0 Å². The molecule has 362 valence electrons. The van der Waals surface area contributed by atoms with Crippen LogP contribution in [0.5, 0.6) is 0 Å². The highest BCUT2D eigenvalue weighted by Crippen LogP contribution is 2.44. The second-order valence-corrected chi connectivity index (χ2v) is 22.9. The van der Waals surface area contributed by atoms with E-state index >= 15 is 0 Å². The number of furan rings is 2. The molecule has 0 fully saturated rings. The molecule has 0 bridgehead atoms. The summed E-state index contributed by atoms with van der Waals surface area (Å²) in [7, 11) is 0. The van der Waals surface area contributed by atoms with Crippen LogP contribution in [0.4, 0.5) is 0 Å². The molecule has 0 aliphatic heterocycles. The van der Waals surface area contributed by atoms with Crippen LogP contribution in [0.1, 0.15) is 0 Å². The minimum Gasteiger partial charge on any atom is -0.456 e. The second kappa shape index (κ2) is 15.9. The van der Waals surface area contributed by atoms with Gasteiger partial charge in [-0.05, 0) is 167 Å². The summed E-state index contributed by atoms with van der Waals surface area (Å²) in [5, 5.41) is 14.6. The fourth-order valence-electron chi connectivity index (χ4n) is 12.8. The van der Waals surface area contributed by atoms with E-state index < -0.39 is 0 Å². The van der Waals surface area contributed by atoms with Gasteiger partial charge < -0.3 is 18.0 Å². The van der Waals surface area contributed by atoms with Crippen molar-refractivity contribution < 1.29 is 8.83 Å². The SMILES string of the molecule is c1ccc2c(c1)c1ccccc1n2-c1ccc2oc3ccc(-c4ccc5sc6ccc(-c7ccc8oc9ccc(-c%10ccc%11sc%12ccc(-n%13c%14ccccc%14c%14ccccc%14%13)cc%12c%11c%10)cc9c8c7)cc6c5c4)cc3c2c1. The Morgan fingerprint density at radius 2 is 0.474 bits per heavy atom. The molecule has 78 heavy (non-hydrogen) atoms. The lowest BCUT2D eigenvalue weighted by Crippen LogP contribution is -1.93. The molecule has 0 saturated heterocycles. The maximum Gasteiger partial charge on any atom is 0.135 e. The molecule has 6 heterocycles. The van der Waals surface area contributed by atoms with E-state index in [-0.39, 0.29) is 0 Å². The maximum atomic E-state index is 6.52. The van der Waals surface area contributed by atoms with Gasteiger partial charge in [0, 0.05) is 94.8 Å². The Morgan fingerprint density at radius 1 is 0.218 bits per heavy atom. The zero-order valence-corrected chi connectivity index (χ0v) is 43.3. The number of hydrogen-bond acceptors (Lipinski definition) is 4. The molecule has 0 unspecified atom stereocenters. The zero-order chi connectivity index (χ0) is 50.7. The summed E-state index contributed by atoms with van der Waals surface area (Å²) in [5.74, 6) is 0. The van der Waals surface area contributed by atoms with E-state index in [9.17, 15) is 0 Å². The summed E-state index contributed by atoms with van der Waals surface area (Å²) in [6.45, 7) is 0. The van der Waals surface area contributed by atoms with E-state index in [1.807, 2.05) is 22.7 Å². The molecule has 0 atom stereocenters. The summed E-state index contributed by atoms with van der Waals surface area (Å²) in [6.07, 6.45) is 0. The van der Waals surface area contributed by atoms with Crippen LogP contribution in [-0.2, 0) is 0 Å². The van der Waals surface area contributed by atoms with Crippen molar-refractivity contribution in [2.45, 2.75) is 0 Å². The first-order valence-corrected chi connectivity index (χ1v) is 28.1. The van der Waals surface area contributed by atoms with Gasteiger partial charge in [-0.15, -0.1) is 22.7 Å². The molecule has 0 saturated carbocycles. The molecule has 18 rings (SSSR count). The van der Waals surface area contributed by atoms with Crippen LogP contribution in [0.2, 0.25) is 0 Å². The first-order chi connectivity index (χ1) is 38.6. The molecular weight excluding hydrogens is 989 g/mol. The van der Waals surface area contributed by atoms with Gasteiger partial charge in [-0.25, -0.2) is 0 Å². The summed E-state index contributed by atoms with van der Waals surface area (Å²) in [5.41, 5.74) is 17.7. The smallest absolute Gasteiger partial charge is 0.135 e. The Balaban J connectivity index is 0.701. The normalized spacial score (nSPS) is 12.4. The lowest BCUT2D eigenvalue weighted by atomic mass is 9.98. The van der Waals surface area contributed by atoms with E-state index in [4.69, 9.17) is 8.83 Å². The molecule has 6 aromatic heterocycles. The number of aromatic nitrogens is 2. The third-order valence-electron chi connectivity index (χ3n) is 16.5. The quantitative estimate of drug-likeness (QED) is 0.172. The topological polar surface area (TPSA) is 36.1 Å². The Bertz CT molecular complexity index is 5150. The van der Waals surface area contributed by atoms with Gasteiger partial charge in [0.15, 0.2) is 0 Å². The Morgan fingerprint density at radius 3 is 0.846 bits per heavy atom. The Labute approximate surface area is 453 Å². The van der Waals surface area contributed by atoms with E-state index in [1.54, 1.807) is 0 Å². The monoisotopic (exact) mass is 1030 g/mol. The van der Waals surface area contributed by atoms with Gasteiger partial charge in [0.25, 0.3) is 0 Å². The van der Waals surface area contributed by atoms with Gasteiger partial charge in [-0.2, -0.15) is 0 Å². The predicted octanol–water partition coefficient (Wildman–Crippen LogP) is 21.4. The molecule has 4 nitrogen and oxygen atoms in total. The number of nitrogens with zero attached hydrogens (tertiary/aromatic N) is 2. The second-order valence-electron chi connectivity index (χ2n) is 20.8. The van der Waals surface area contributed by atoms with Gasteiger partial charge in [-0.3, -0.25) is 0 Å².